The Morgan fingerprint density at radius 3 is 2.12 bits per heavy atom. The highest BCUT2D eigenvalue weighted by Gasteiger charge is 2.29. The van der Waals surface area contributed by atoms with E-state index in [1.165, 1.54) is 11.8 Å². The van der Waals surface area contributed by atoms with Gasteiger partial charge in [0.05, 0.1) is 39.0 Å². The third-order valence-corrected chi connectivity index (χ3v) is 9.44. The molecule has 0 spiro atoms. The fourth-order valence-corrected chi connectivity index (χ4v) is 6.66. The number of nitrogens with one attached hydrogen (secondary N) is 3. The third-order valence-electron chi connectivity index (χ3n) is 6.88. The van der Waals surface area contributed by atoms with E-state index in [0.29, 0.717) is 28.3 Å². The summed E-state index contributed by atoms with van der Waals surface area (Å²) >= 11 is 2.16. The van der Waals surface area contributed by atoms with Gasteiger partial charge in [0.15, 0.2) is 0 Å². The summed E-state index contributed by atoms with van der Waals surface area (Å²) in [5.74, 6) is -5.09. The second-order valence-electron chi connectivity index (χ2n) is 10.2. The van der Waals surface area contributed by atoms with Crippen LogP contribution in [-0.2, 0) is 9.53 Å². The number of carbonyl (C=O) groups is 6. The van der Waals surface area contributed by atoms with Gasteiger partial charge in [-0.3, -0.25) is 14.4 Å². The number of ether oxygens (including phenoxy) is 1. The molecule has 4 rings (SSSR count). The van der Waals surface area contributed by atoms with Crippen molar-refractivity contribution in [2.45, 2.75) is 37.3 Å². The largest absolute Gasteiger partial charge is 0.478 e. The highest BCUT2D eigenvalue weighted by Crippen LogP contribution is 2.36. The zero-order chi connectivity index (χ0) is 35.0. The SMILES string of the molecule is CCOC(=O)c1c(NC(=O)C(CC)Sc2cccc(NC(=O)c3ccc(C(=O)O)cc3C(=O)O)c2)sc(C(=O)Nc2ccccc2)c1C. The predicted molar refractivity (Wildman–Crippen MR) is 183 cm³/mol. The monoisotopic (exact) mass is 689 g/mol. The van der Waals surface area contributed by atoms with E-state index in [2.05, 4.69) is 16.0 Å². The van der Waals surface area contributed by atoms with Crippen LogP contribution in [-0.4, -0.2) is 57.7 Å². The molecule has 14 heteroatoms. The van der Waals surface area contributed by atoms with Crippen LogP contribution < -0.4 is 16.0 Å². The zero-order valence-corrected chi connectivity index (χ0v) is 27.6. The van der Waals surface area contributed by atoms with Crippen molar-refractivity contribution >= 4 is 75.1 Å². The second kappa shape index (κ2) is 15.9. The second-order valence-corrected chi connectivity index (χ2v) is 12.5. The van der Waals surface area contributed by atoms with E-state index < -0.39 is 46.4 Å². The minimum atomic E-state index is -1.46. The van der Waals surface area contributed by atoms with Gasteiger partial charge < -0.3 is 30.9 Å². The van der Waals surface area contributed by atoms with Crippen molar-refractivity contribution in [3.63, 3.8) is 0 Å². The molecule has 0 fully saturated rings. The van der Waals surface area contributed by atoms with Crippen LogP contribution in [0.1, 0.15) is 76.9 Å². The zero-order valence-electron chi connectivity index (χ0n) is 26.0. The molecular weight excluding hydrogens is 659 g/mol. The maximum atomic E-state index is 13.5. The number of para-hydroxylation sites is 1. The molecule has 3 aromatic carbocycles. The van der Waals surface area contributed by atoms with Gasteiger partial charge in [-0.15, -0.1) is 23.1 Å². The molecule has 1 aromatic heterocycles. The summed E-state index contributed by atoms with van der Waals surface area (Å²) < 4.78 is 5.22. The fourth-order valence-electron chi connectivity index (χ4n) is 4.55. The number of aromatic carboxylic acids is 2. The lowest BCUT2D eigenvalue weighted by Gasteiger charge is -2.16. The van der Waals surface area contributed by atoms with Gasteiger partial charge in [-0.25, -0.2) is 14.4 Å². The van der Waals surface area contributed by atoms with E-state index >= 15 is 0 Å². The molecule has 1 atom stereocenters. The number of anilines is 3. The topological polar surface area (TPSA) is 188 Å². The number of esters is 1. The van der Waals surface area contributed by atoms with Gasteiger partial charge in [-0.1, -0.05) is 31.2 Å². The molecular formula is C34H31N3O9S2. The van der Waals surface area contributed by atoms with Crippen LogP contribution in [0.15, 0.2) is 77.7 Å². The molecule has 0 radical (unpaired) electrons. The maximum absolute atomic E-state index is 13.5. The van der Waals surface area contributed by atoms with Crippen molar-refractivity contribution in [2.24, 2.45) is 0 Å². The van der Waals surface area contributed by atoms with Crippen molar-refractivity contribution in [3.8, 4) is 0 Å². The average molecular weight is 690 g/mol. The average Bonchev–Trinajstić information content (AvgIpc) is 3.39. The van der Waals surface area contributed by atoms with Crippen LogP contribution in [0.5, 0.6) is 0 Å². The number of hydrogen-bond acceptors (Lipinski definition) is 9. The number of thiophene rings is 1. The molecule has 0 aliphatic heterocycles. The normalized spacial score (nSPS) is 11.2. The number of rotatable bonds is 13. The number of carboxylic acid groups (broad SMARTS) is 2. The van der Waals surface area contributed by atoms with Gasteiger partial charge >= 0.3 is 17.9 Å². The molecule has 48 heavy (non-hydrogen) atoms. The first-order chi connectivity index (χ1) is 22.9. The van der Waals surface area contributed by atoms with Crippen molar-refractivity contribution in [2.75, 3.05) is 22.6 Å². The fraction of sp³-hybridized carbons (Fsp3) is 0.176. The van der Waals surface area contributed by atoms with Gasteiger partial charge in [0.2, 0.25) is 5.91 Å². The molecule has 0 bridgehead atoms. The van der Waals surface area contributed by atoms with E-state index in [1.54, 1.807) is 62.4 Å². The smallest absolute Gasteiger partial charge is 0.341 e. The predicted octanol–water partition coefficient (Wildman–Crippen LogP) is 6.64. The Morgan fingerprint density at radius 2 is 1.48 bits per heavy atom. The molecule has 0 aliphatic rings. The summed E-state index contributed by atoms with van der Waals surface area (Å²) in [6, 6.07) is 18.6. The molecule has 248 valence electrons. The molecule has 1 heterocycles. The highest BCUT2D eigenvalue weighted by atomic mass is 32.2. The van der Waals surface area contributed by atoms with Crippen molar-refractivity contribution < 1.29 is 43.7 Å². The van der Waals surface area contributed by atoms with Gasteiger partial charge in [0, 0.05) is 16.3 Å². The lowest BCUT2D eigenvalue weighted by atomic mass is 10.0. The van der Waals surface area contributed by atoms with E-state index in [-0.39, 0.29) is 33.2 Å². The molecule has 4 aromatic rings. The number of carboxylic acids is 2. The Balaban J connectivity index is 1.52. The first-order valence-corrected chi connectivity index (χ1v) is 16.3. The van der Waals surface area contributed by atoms with E-state index in [0.717, 1.165) is 29.5 Å². The van der Waals surface area contributed by atoms with Crippen LogP contribution in [0, 0.1) is 6.92 Å². The summed E-state index contributed by atoms with van der Waals surface area (Å²) in [6.07, 6.45) is 0.380. The number of thioether (sulfide) groups is 1. The third kappa shape index (κ3) is 8.46. The maximum Gasteiger partial charge on any atom is 0.341 e. The van der Waals surface area contributed by atoms with Crippen molar-refractivity contribution in [1.82, 2.24) is 0 Å². The molecule has 1 unspecified atom stereocenters. The minimum absolute atomic E-state index is 0.0927. The van der Waals surface area contributed by atoms with Crippen molar-refractivity contribution in [1.29, 1.82) is 0 Å². The molecule has 0 aliphatic carbocycles. The quantitative estimate of drug-likeness (QED) is 0.0752. The number of amides is 3. The molecule has 5 N–H and O–H groups in total. The summed E-state index contributed by atoms with van der Waals surface area (Å²) in [6.45, 7) is 5.17. The Hall–Kier alpha value is -5.47. The van der Waals surface area contributed by atoms with Gasteiger partial charge in [0.1, 0.15) is 5.00 Å². The Morgan fingerprint density at radius 1 is 0.792 bits per heavy atom. The lowest BCUT2D eigenvalue weighted by molar-refractivity contribution is -0.115. The summed E-state index contributed by atoms with van der Waals surface area (Å²) in [7, 11) is 0. The Labute approximate surface area is 283 Å². The summed E-state index contributed by atoms with van der Waals surface area (Å²) in [5, 5.41) is 26.5. The minimum Gasteiger partial charge on any atom is -0.478 e. The van der Waals surface area contributed by atoms with Crippen LogP contribution in [0.3, 0.4) is 0 Å². The Kier molecular flexibility index (Phi) is 11.7. The number of hydrogen-bond donors (Lipinski definition) is 5. The first-order valence-electron chi connectivity index (χ1n) is 14.6. The number of carbonyl (C=O) groups excluding carboxylic acids is 4. The van der Waals surface area contributed by atoms with Gasteiger partial charge in [-0.05, 0) is 74.4 Å². The molecule has 3 amide bonds. The lowest BCUT2D eigenvalue weighted by Crippen LogP contribution is -2.25. The van der Waals surface area contributed by atoms with Crippen molar-refractivity contribution in [3.05, 3.63) is 105 Å². The summed E-state index contributed by atoms with van der Waals surface area (Å²) in [4.78, 5) is 76.4. The highest BCUT2D eigenvalue weighted by molar-refractivity contribution is 8.00. The van der Waals surface area contributed by atoms with Crippen LogP contribution in [0.4, 0.5) is 16.4 Å². The first kappa shape index (κ1) is 35.4. The summed E-state index contributed by atoms with van der Waals surface area (Å²) in [5.41, 5.74) is 0.378. The van der Waals surface area contributed by atoms with Crippen LogP contribution in [0.2, 0.25) is 0 Å². The van der Waals surface area contributed by atoms with Gasteiger partial charge in [0.25, 0.3) is 11.8 Å². The number of benzene rings is 3. The standard InChI is InChI=1S/C34H31N3O9S2/c1-4-25(47-22-13-9-12-21(17-22)36-28(38)23-15-14-19(32(41)42)16-24(23)33(43)44)29(39)37-31-26(34(45)46-5-2)18(3)27(48-31)30(40)35-20-10-7-6-8-11-20/h6-17,25H,4-5H2,1-3H3,(H,35,40)(H,36,38)(H,37,39)(H,41,42)(H,43,44). The van der Waals surface area contributed by atoms with E-state index in [4.69, 9.17) is 4.74 Å². The Bertz CT molecular complexity index is 1890. The van der Waals surface area contributed by atoms with E-state index in [9.17, 15) is 39.0 Å². The molecule has 0 saturated heterocycles. The van der Waals surface area contributed by atoms with Crippen LogP contribution >= 0.6 is 23.1 Å². The molecule has 12 nitrogen and oxygen atoms in total. The van der Waals surface area contributed by atoms with Crippen LogP contribution in [0.25, 0.3) is 0 Å². The van der Waals surface area contributed by atoms with E-state index in [1.807, 2.05) is 13.0 Å². The molecule has 0 saturated carbocycles. The van der Waals surface area contributed by atoms with Gasteiger partial charge in [-0.2, -0.15) is 0 Å².